The molecule has 3 unspecified atom stereocenters. The van der Waals surface area contributed by atoms with E-state index in [2.05, 4.69) is 42.0 Å². The highest BCUT2D eigenvalue weighted by Crippen LogP contribution is 2.46. The fraction of sp³-hybridized carbons (Fsp3) is 0.600. The molecule has 2 nitrogen and oxygen atoms in total. The van der Waals surface area contributed by atoms with Crippen LogP contribution in [0.15, 0.2) is 22.7 Å². The highest BCUT2D eigenvalue weighted by atomic mass is 79.9. The van der Waals surface area contributed by atoms with Gasteiger partial charge in [0.05, 0.1) is 0 Å². The average molecular weight is 330 g/mol. The minimum absolute atomic E-state index is 0.0742. The smallest absolute Gasteiger partial charge is 0.165 e. The number of hydrogen-bond acceptors (Lipinski definition) is 2. The van der Waals surface area contributed by atoms with Crippen molar-refractivity contribution >= 4 is 15.9 Å². The normalized spacial score (nSPS) is 29.9. The van der Waals surface area contributed by atoms with Crippen molar-refractivity contribution in [2.24, 2.45) is 5.41 Å². The van der Waals surface area contributed by atoms with Crippen molar-refractivity contribution in [1.29, 1.82) is 0 Å². The van der Waals surface area contributed by atoms with Gasteiger partial charge in [-0.1, -0.05) is 36.7 Å². The first kappa shape index (κ1) is 14.8. The summed E-state index contributed by atoms with van der Waals surface area (Å²) in [6.07, 6.45) is 2.03. The molecule has 3 atom stereocenters. The Morgan fingerprint density at radius 1 is 1.47 bits per heavy atom. The number of nitrogens with one attached hydrogen (secondary N) is 1. The van der Waals surface area contributed by atoms with Crippen molar-refractivity contribution < 1.29 is 9.13 Å². The van der Waals surface area contributed by atoms with Gasteiger partial charge in [-0.05, 0) is 31.2 Å². The molecule has 1 aromatic carbocycles. The zero-order valence-electron chi connectivity index (χ0n) is 11.7. The lowest BCUT2D eigenvalue weighted by molar-refractivity contribution is -0.0712. The molecule has 19 heavy (non-hydrogen) atoms. The van der Waals surface area contributed by atoms with Crippen molar-refractivity contribution in [3.05, 3.63) is 28.5 Å². The third kappa shape index (κ3) is 2.79. The zero-order chi connectivity index (χ0) is 14.0. The predicted octanol–water partition coefficient (Wildman–Crippen LogP) is 4.13. The van der Waals surface area contributed by atoms with E-state index >= 15 is 0 Å². The summed E-state index contributed by atoms with van der Waals surface area (Å²) in [7, 11) is 0. The molecule has 0 spiro atoms. The molecule has 1 saturated carbocycles. The van der Waals surface area contributed by atoms with Crippen LogP contribution in [0, 0.1) is 11.2 Å². The average Bonchev–Trinajstić information content (AvgIpc) is 2.40. The van der Waals surface area contributed by atoms with Gasteiger partial charge in [0.1, 0.15) is 6.10 Å². The Kier molecular flexibility index (Phi) is 4.51. The van der Waals surface area contributed by atoms with E-state index in [0.29, 0.717) is 11.8 Å². The van der Waals surface area contributed by atoms with Gasteiger partial charge < -0.3 is 10.1 Å². The minimum atomic E-state index is -0.298. The number of benzene rings is 1. The van der Waals surface area contributed by atoms with Crippen molar-refractivity contribution in [3.63, 3.8) is 0 Å². The van der Waals surface area contributed by atoms with Crippen LogP contribution in [0.1, 0.15) is 33.6 Å². The van der Waals surface area contributed by atoms with E-state index in [0.717, 1.165) is 23.9 Å². The van der Waals surface area contributed by atoms with Crippen LogP contribution in [0.5, 0.6) is 5.75 Å². The molecule has 1 aromatic rings. The molecular weight excluding hydrogens is 309 g/mol. The highest BCUT2D eigenvalue weighted by molar-refractivity contribution is 9.10. The number of ether oxygens (including phenoxy) is 1. The standard InChI is InChI=1S/C15H21BrFNO/c1-4-15(3)13(18-5-2)9-14(15)19-12-8-10(16)6-7-11(12)17/h6-8,13-14,18H,4-5,9H2,1-3H3. The Bertz CT molecular complexity index is 454. The summed E-state index contributed by atoms with van der Waals surface area (Å²) in [6.45, 7) is 7.44. The Balaban J connectivity index is 2.10. The molecule has 0 amide bonds. The summed E-state index contributed by atoms with van der Waals surface area (Å²) in [5, 5.41) is 3.48. The molecule has 0 saturated heterocycles. The second-order valence-corrected chi connectivity index (χ2v) is 6.30. The third-order valence-corrected chi connectivity index (χ3v) is 4.85. The summed E-state index contributed by atoms with van der Waals surface area (Å²) in [5.41, 5.74) is 0.0742. The molecule has 1 aliphatic carbocycles. The Labute approximate surface area is 122 Å². The molecule has 2 rings (SSSR count). The van der Waals surface area contributed by atoms with E-state index < -0.39 is 0 Å². The van der Waals surface area contributed by atoms with Gasteiger partial charge in [-0.15, -0.1) is 0 Å². The summed E-state index contributed by atoms with van der Waals surface area (Å²) in [4.78, 5) is 0. The summed E-state index contributed by atoms with van der Waals surface area (Å²) in [6, 6.07) is 5.28. The fourth-order valence-corrected chi connectivity index (χ4v) is 3.10. The van der Waals surface area contributed by atoms with Gasteiger partial charge in [0.15, 0.2) is 11.6 Å². The van der Waals surface area contributed by atoms with E-state index in [9.17, 15) is 4.39 Å². The van der Waals surface area contributed by atoms with Gasteiger partial charge in [-0.2, -0.15) is 0 Å². The van der Waals surface area contributed by atoms with Crippen LogP contribution in [-0.2, 0) is 0 Å². The molecule has 106 valence electrons. The number of rotatable bonds is 5. The largest absolute Gasteiger partial charge is 0.487 e. The second kappa shape index (κ2) is 5.80. The molecular formula is C15H21BrFNO. The lowest BCUT2D eigenvalue weighted by atomic mass is 9.61. The van der Waals surface area contributed by atoms with Gasteiger partial charge in [0.2, 0.25) is 0 Å². The van der Waals surface area contributed by atoms with Gasteiger partial charge in [0.25, 0.3) is 0 Å². The molecule has 0 heterocycles. The van der Waals surface area contributed by atoms with Crippen molar-refractivity contribution in [3.8, 4) is 5.75 Å². The topological polar surface area (TPSA) is 21.3 Å². The van der Waals surface area contributed by atoms with E-state index in [1.807, 2.05) is 0 Å². The highest BCUT2D eigenvalue weighted by Gasteiger charge is 2.51. The summed E-state index contributed by atoms with van der Waals surface area (Å²) >= 11 is 3.35. The van der Waals surface area contributed by atoms with Crippen molar-refractivity contribution in [1.82, 2.24) is 5.32 Å². The summed E-state index contributed by atoms with van der Waals surface area (Å²) < 4.78 is 20.5. The minimum Gasteiger partial charge on any atom is -0.487 e. The third-order valence-electron chi connectivity index (χ3n) is 4.36. The van der Waals surface area contributed by atoms with E-state index in [1.165, 1.54) is 6.07 Å². The lowest BCUT2D eigenvalue weighted by Gasteiger charge is -2.53. The first-order valence-corrected chi connectivity index (χ1v) is 7.65. The van der Waals surface area contributed by atoms with Crippen LogP contribution in [-0.4, -0.2) is 18.7 Å². The van der Waals surface area contributed by atoms with Gasteiger partial charge >= 0.3 is 0 Å². The van der Waals surface area contributed by atoms with Crippen LogP contribution in [0.25, 0.3) is 0 Å². The first-order chi connectivity index (χ1) is 9.01. The number of hydrogen-bond donors (Lipinski definition) is 1. The van der Waals surface area contributed by atoms with Gasteiger partial charge in [-0.25, -0.2) is 4.39 Å². The van der Waals surface area contributed by atoms with Crippen LogP contribution >= 0.6 is 15.9 Å². The Morgan fingerprint density at radius 2 is 2.21 bits per heavy atom. The maximum atomic E-state index is 13.7. The van der Waals surface area contributed by atoms with Gasteiger partial charge in [-0.3, -0.25) is 0 Å². The molecule has 0 bridgehead atoms. The van der Waals surface area contributed by atoms with Crippen molar-refractivity contribution in [2.45, 2.75) is 45.8 Å². The van der Waals surface area contributed by atoms with E-state index in [1.54, 1.807) is 12.1 Å². The van der Waals surface area contributed by atoms with E-state index in [-0.39, 0.29) is 17.3 Å². The lowest BCUT2D eigenvalue weighted by Crippen LogP contribution is -2.63. The Hall–Kier alpha value is -0.610. The molecule has 1 fully saturated rings. The van der Waals surface area contributed by atoms with Crippen molar-refractivity contribution in [2.75, 3.05) is 6.54 Å². The number of halogens is 2. The second-order valence-electron chi connectivity index (χ2n) is 5.39. The zero-order valence-corrected chi connectivity index (χ0v) is 13.3. The van der Waals surface area contributed by atoms with Crippen LogP contribution in [0.3, 0.4) is 0 Å². The quantitative estimate of drug-likeness (QED) is 0.876. The molecule has 1 N–H and O–H groups in total. The van der Waals surface area contributed by atoms with Gasteiger partial charge in [0, 0.05) is 22.4 Å². The van der Waals surface area contributed by atoms with Crippen LogP contribution in [0.2, 0.25) is 0 Å². The van der Waals surface area contributed by atoms with E-state index in [4.69, 9.17) is 4.74 Å². The fourth-order valence-electron chi connectivity index (χ4n) is 2.76. The predicted molar refractivity (Wildman–Crippen MR) is 79.0 cm³/mol. The maximum Gasteiger partial charge on any atom is 0.165 e. The molecule has 1 aliphatic rings. The first-order valence-electron chi connectivity index (χ1n) is 6.86. The summed E-state index contributed by atoms with van der Waals surface area (Å²) in [5.74, 6) is 0.0440. The molecule has 0 aliphatic heterocycles. The van der Waals surface area contributed by atoms with Crippen LogP contribution in [0.4, 0.5) is 4.39 Å². The maximum absolute atomic E-state index is 13.7. The molecule has 0 radical (unpaired) electrons. The SMILES string of the molecule is CCNC1CC(Oc2cc(Br)ccc2F)C1(C)CC. The Morgan fingerprint density at radius 3 is 2.84 bits per heavy atom. The monoisotopic (exact) mass is 329 g/mol. The molecule has 0 aromatic heterocycles. The van der Waals surface area contributed by atoms with Crippen LogP contribution < -0.4 is 10.1 Å². The molecule has 4 heteroatoms.